The van der Waals surface area contributed by atoms with Gasteiger partial charge in [0.15, 0.2) is 6.10 Å². The standard InChI is InChI=1S/C22H27N2O5.K/c1-3-12-24(14-25)22(29)20(27)18(13-16-8-5-4-6-9-16)23-21(28)17-10-7-11-19(26)15(17)2;/h4-11,18,20,26-27H,3,12-14H2,1-2H3,(H,23,28);/q-1;+1. The number of carbonyl (C=O) groups is 2. The zero-order chi connectivity index (χ0) is 21.4. The van der Waals surface area contributed by atoms with Crippen molar-refractivity contribution in [3.8, 4) is 5.75 Å². The number of carbonyl (C=O) groups excluding carboxylic acids is 2. The molecule has 30 heavy (non-hydrogen) atoms. The monoisotopic (exact) mass is 438 g/mol. The van der Waals surface area contributed by atoms with Crippen molar-refractivity contribution < 1.29 is 76.3 Å². The van der Waals surface area contributed by atoms with Crippen LogP contribution in [0.5, 0.6) is 5.75 Å². The van der Waals surface area contributed by atoms with Crippen LogP contribution in [0.25, 0.3) is 0 Å². The number of hydrogen-bond acceptors (Lipinski definition) is 5. The molecule has 156 valence electrons. The van der Waals surface area contributed by atoms with Gasteiger partial charge in [0.25, 0.3) is 11.8 Å². The zero-order valence-electron chi connectivity index (χ0n) is 17.7. The van der Waals surface area contributed by atoms with Gasteiger partial charge in [0.2, 0.25) is 0 Å². The second kappa shape index (κ2) is 13.2. The summed E-state index contributed by atoms with van der Waals surface area (Å²) in [5.74, 6) is -1.25. The average molecular weight is 439 g/mol. The third-order valence-corrected chi connectivity index (χ3v) is 4.76. The SMILES string of the molecule is CCCN(C[O-])C(=O)C(O)C(Cc1ccccc1)NC(=O)c1cccc(O)c1C.[K+]. The predicted molar refractivity (Wildman–Crippen MR) is 107 cm³/mol. The number of phenolic OH excluding ortho intramolecular Hbond substituents is 1. The molecule has 2 aromatic rings. The first-order chi connectivity index (χ1) is 13.9. The van der Waals surface area contributed by atoms with Gasteiger partial charge >= 0.3 is 51.4 Å². The molecule has 2 amide bonds. The molecule has 8 heteroatoms. The number of aromatic hydroxyl groups is 1. The Morgan fingerprint density at radius 3 is 2.40 bits per heavy atom. The molecule has 2 atom stereocenters. The minimum absolute atomic E-state index is 0. The number of aliphatic hydroxyl groups excluding tert-OH is 1. The van der Waals surface area contributed by atoms with Crippen molar-refractivity contribution in [2.75, 3.05) is 13.3 Å². The first kappa shape index (κ1) is 26.8. The van der Waals surface area contributed by atoms with Crippen molar-refractivity contribution in [2.45, 2.75) is 38.8 Å². The van der Waals surface area contributed by atoms with Gasteiger partial charge in [-0.1, -0.05) is 50.1 Å². The third kappa shape index (κ3) is 7.16. The Hall–Kier alpha value is -1.26. The van der Waals surface area contributed by atoms with E-state index in [-0.39, 0.29) is 75.7 Å². The molecule has 0 radical (unpaired) electrons. The van der Waals surface area contributed by atoms with Crippen LogP contribution in [0, 0.1) is 6.92 Å². The number of aliphatic hydroxyl groups is 1. The van der Waals surface area contributed by atoms with Gasteiger partial charge in [-0.05, 0) is 37.5 Å². The van der Waals surface area contributed by atoms with Crippen molar-refractivity contribution in [3.63, 3.8) is 0 Å². The molecular weight excluding hydrogens is 411 g/mol. The molecule has 3 N–H and O–H groups in total. The van der Waals surface area contributed by atoms with Gasteiger partial charge in [-0.2, -0.15) is 0 Å². The Bertz CT molecular complexity index is 832. The Morgan fingerprint density at radius 2 is 1.80 bits per heavy atom. The minimum Gasteiger partial charge on any atom is -0.839 e. The number of nitrogens with zero attached hydrogens (tertiary/aromatic N) is 1. The van der Waals surface area contributed by atoms with E-state index in [0.29, 0.717) is 12.0 Å². The van der Waals surface area contributed by atoms with Gasteiger partial charge < -0.3 is 25.5 Å². The molecule has 0 aliphatic rings. The second-order valence-corrected chi connectivity index (χ2v) is 6.89. The molecule has 0 aliphatic carbocycles. The maximum absolute atomic E-state index is 12.8. The summed E-state index contributed by atoms with van der Waals surface area (Å²) in [5.41, 5.74) is 1.47. The fraction of sp³-hybridized carbons (Fsp3) is 0.364. The smallest absolute Gasteiger partial charge is 0.839 e. The van der Waals surface area contributed by atoms with Crippen LogP contribution < -0.4 is 61.8 Å². The molecule has 2 unspecified atom stereocenters. The zero-order valence-corrected chi connectivity index (χ0v) is 20.8. The summed E-state index contributed by atoms with van der Waals surface area (Å²) in [6, 6.07) is 12.8. The minimum atomic E-state index is -1.57. The van der Waals surface area contributed by atoms with E-state index in [1.807, 2.05) is 37.3 Å². The van der Waals surface area contributed by atoms with Crippen LogP contribution in [0.15, 0.2) is 48.5 Å². The van der Waals surface area contributed by atoms with Crippen LogP contribution in [0.2, 0.25) is 0 Å². The summed E-state index contributed by atoms with van der Waals surface area (Å²) >= 11 is 0. The summed E-state index contributed by atoms with van der Waals surface area (Å²) < 4.78 is 0. The summed E-state index contributed by atoms with van der Waals surface area (Å²) in [6.07, 6.45) is -0.785. The van der Waals surface area contributed by atoms with Gasteiger partial charge in [-0.15, -0.1) is 0 Å². The molecular formula is C22H27KN2O5. The third-order valence-electron chi connectivity index (χ3n) is 4.76. The molecule has 7 nitrogen and oxygen atoms in total. The van der Waals surface area contributed by atoms with Gasteiger partial charge in [0, 0.05) is 17.7 Å². The van der Waals surface area contributed by atoms with Gasteiger partial charge in [-0.3, -0.25) is 9.59 Å². The number of benzene rings is 2. The quantitative estimate of drug-likeness (QED) is 0.309. The summed E-state index contributed by atoms with van der Waals surface area (Å²) in [5, 5.41) is 34.6. The largest absolute Gasteiger partial charge is 1.00 e. The van der Waals surface area contributed by atoms with Crippen molar-refractivity contribution >= 4 is 11.8 Å². The van der Waals surface area contributed by atoms with E-state index in [1.165, 1.54) is 6.07 Å². The van der Waals surface area contributed by atoms with E-state index < -0.39 is 30.7 Å². The number of phenols is 1. The number of hydrogen-bond donors (Lipinski definition) is 3. The van der Waals surface area contributed by atoms with Crippen molar-refractivity contribution in [2.24, 2.45) is 0 Å². The molecule has 0 saturated carbocycles. The fourth-order valence-electron chi connectivity index (χ4n) is 3.09. The maximum Gasteiger partial charge on any atom is 1.00 e. The first-order valence-electron chi connectivity index (χ1n) is 9.57. The van der Waals surface area contributed by atoms with Crippen molar-refractivity contribution in [3.05, 3.63) is 65.2 Å². The molecule has 2 rings (SSSR count). The van der Waals surface area contributed by atoms with E-state index >= 15 is 0 Å². The van der Waals surface area contributed by atoms with E-state index in [0.717, 1.165) is 10.5 Å². The number of rotatable bonds is 9. The number of amides is 2. The molecule has 0 aliphatic heterocycles. The molecule has 0 saturated heterocycles. The normalized spacial score (nSPS) is 12.4. The summed E-state index contributed by atoms with van der Waals surface area (Å²) in [7, 11) is 0. The van der Waals surface area contributed by atoms with Crippen LogP contribution in [0.1, 0.15) is 34.8 Å². The average Bonchev–Trinajstić information content (AvgIpc) is 2.73. The summed E-state index contributed by atoms with van der Waals surface area (Å²) in [6.45, 7) is 2.91. The van der Waals surface area contributed by atoms with Crippen LogP contribution in [-0.2, 0) is 11.2 Å². The predicted octanol–water partition coefficient (Wildman–Crippen LogP) is -2.04. The molecule has 0 aromatic heterocycles. The molecule has 2 aromatic carbocycles. The Labute approximate surface area is 219 Å². The van der Waals surface area contributed by atoms with Crippen LogP contribution in [-0.4, -0.2) is 52.3 Å². The molecule has 0 fully saturated rings. The van der Waals surface area contributed by atoms with Gasteiger partial charge in [-0.25, -0.2) is 0 Å². The Balaban J connectivity index is 0.00000450. The second-order valence-electron chi connectivity index (χ2n) is 6.89. The van der Waals surface area contributed by atoms with E-state index in [9.17, 15) is 24.9 Å². The van der Waals surface area contributed by atoms with E-state index in [1.54, 1.807) is 19.1 Å². The Morgan fingerprint density at radius 1 is 1.13 bits per heavy atom. The summed E-state index contributed by atoms with van der Waals surface area (Å²) in [4.78, 5) is 26.4. The van der Waals surface area contributed by atoms with Gasteiger partial charge in [0.1, 0.15) is 5.75 Å². The van der Waals surface area contributed by atoms with Crippen LogP contribution >= 0.6 is 0 Å². The van der Waals surface area contributed by atoms with Crippen molar-refractivity contribution in [1.82, 2.24) is 10.2 Å². The Kier molecular flexibility index (Phi) is 11.8. The van der Waals surface area contributed by atoms with Crippen LogP contribution in [0.3, 0.4) is 0 Å². The molecule has 0 bridgehead atoms. The van der Waals surface area contributed by atoms with E-state index in [2.05, 4.69) is 5.32 Å². The fourth-order valence-corrected chi connectivity index (χ4v) is 3.09. The maximum atomic E-state index is 12.8. The van der Waals surface area contributed by atoms with Crippen molar-refractivity contribution in [1.29, 1.82) is 0 Å². The van der Waals surface area contributed by atoms with Gasteiger partial charge in [0.05, 0.1) is 6.04 Å². The first-order valence-corrected chi connectivity index (χ1v) is 9.57. The van der Waals surface area contributed by atoms with Crippen LogP contribution in [0.4, 0.5) is 0 Å². The van der Waals surface area contributed by atoms with E-state index in [4.69, 9.17) is 0 Å². The molecule has 0 heterocycles. The molecule has 0 spiro atoms. The topological polar surface area (TPSA) is 113 Å². The number of nitrogens with one attached hydrogen (secondary N) is 1.